The largest absolute Gasteiger partial charge is 0.493 e. The van der Waals surface area contributed by atoms with E-state index in [-0.39, 0.29) is 23.9 Å². The summed E-state index contributed by atoms with van der Waals surface area (Å²) in [5.41, 5.74) is 0.511. The number of aromatic nitrogens is 2. The number of imide groups is 1. The lowest BCUT2D eigenvalue weighted by atomic mass is 10.1. The fraction of sp³-hybridized carbons (Fsp3) is 0.238. The highest BCUT2D eigenvalue weighted by molar-refractivity contribution is 6.25. The molecule has 3 heterocycles. The van der Waals surface area contributed by atoms with Crippen LogP contribution in [0.4, 0.5) is 14.5 Å². The summed E-state index contributed by atoms with van der Waals surface area (Å²) in [5, 5.41) is 13.0. The maximum Gasteiger partial charge on any atom is 0.263 e. The normalized spacial score (nSPS) is 19.2. The number of amides is 2. The summed E-state index contributed by atoms with van der Waals surface area (Å²) in [6.45, 7) is -0.102. The van der Waals surface area contributed by atoms with Crippen LogP contribution in [-0.2, 0) is 16.1 Å². The van der Waals surface area contributed by atoms with Gasteiger partial charge in [-0.2, -0.15) is 10.1 Å². The zero-order chi connectivity index (χ0) is 24.0. The van der Waals surface area contributed by atoms with E-state index < -0.39 is 35.5 Å². The van der Waals surface area contributed by atoms with Gasteiger partial charge in [-0.1, -0.05) is 10.4 Å². The van der Waals surface area contributed by atoms with Gasteiger partial charge in [-0.15, -0.1) is 0 Å². The van der Waals surface area contributed by atoms with Gasteiger partial charge in [-0.25, -0.2) is 13.7 Å². The van der Waals surface area contributed by atoms with Crippen molar-refractivity contribution in [3.05, 3.63) is 53.9 Å². The summed E-state index contributed by atoms with van der Waals surface area (Å²) in [6, 6.07) is 5.67. The first-order chi connectivity index (χ1) is 16.4. The Morgan fingerprint density at radius 2 is 1.79 bits per heavy atom. The molecule has 0 unspecified atom stereocenters. The van der Waals surface area contributed by atoms with Crippen LogP contribution in [0.5, 0.6) is 11.5 Å². The SMILES string of the molecule is COc1ccc(-c2noc(CN3N=N[C@@H]4C(=O)N(c5ccc(F)c(F)c5)C(=O)[C@H]43)n2)cc1OC. The van der Waals surface area contributed by atoms with E-state index in [2.05, 4.69) is 20.5 Å². The molecule has 2 aliphatic heterocycles. The zero-order valence-electron chi connectivity index (χ0n) is 17.8. The van der Waals surface area contributed by atoms with Gasteiger partial charge < -0.3 is 14.0 Å². The molecule has 2 amide bonds. The maximum absolute atomic E-state index is 13.7. The molecule has 2 atom stereocenters. The van der Waals surface area contributed by atoms with Crippen LogP contribution in [-0.4, -0.2) is 53.3 Å². The summed E-state index contributed by atoms with van der Waals surface area (Å²) < 4.78 is 42.7. The van der Waals surface area contributed by atoms with Gasteiger partial charge in [0, 0.05) is 11.6 Å². The van der Waals surface area contributed by atoms with E-state index in [1.807, 2.05) is 0 Å². The monoisotopic (exact) mass is 470 g/mol. The van der Waals surface area contributed by atoms with Gasteiger partial charge in [0.2, 0.25) is 11.7 Å². The molecule has 0 radical (unpaired) electrons. The molecule has 174 valence electrons. The van der Waals surface area contributed by atoms with Gasteiger partial charge in [-0.05, 0) is 30.3 Å². The summed E-state index contributed by atoms with van der Waals surface area (Å²) in [7, 11) is 3.02. The third-order valence-electron chi connectivity index (χ3n) is 5.43. The smallest absolute Gasteiger partial charge is 0.263 e. The molecule has 5 rings (SSSR count). The number of methoxy groups -OCH3 is 2. The molecule has 11 nitrogen and oxygen atoms in total. The Morgan fingerprint density at radius 1 is 1.00 bits per heavy atom. The highest BCUT2D eigenvalue weighted by atomic mass is 19.2. The van der Waals surface area contributed by atoms with Crippen molar-refractivity contribution in [2.45, 2.75) is 18.6 Å². The quantitative estimate of drug-likeness (QED) is 0.504. The standard InChI is InChI=1S/C21H16F2N6O5/c1-32-14-6-3-10(7-15(14)33-2)19-24-16(34-26-19)9-28-18-17(25-27-28)20(30)29(21(18)31)11-4-5-12(22)13(23)8-11/h3-8,17-18H,9H2,1-2H3/t17-,18-/m0/s1. The number of anilines is 1. The van der Waals surface area contributed by atoms with Crippen molar-refractivity contribution >= 4 is 17.5 Å². The second-order valence-corrected chi connectivity index (χ2v) is 7.38. The van der Waals surface area contributed by atoms with E-state index in [0.717, 1.165) is 23.1 Å². The fourth-order valence-corrected chi connectivity index (χ4v) is 3.78. The van der Waals surface area contributed by atoms with E-state index in [4.69, 9.17) is 14.0 Å². The third kappa shape index (κ3) is 3.41. The number of carbonyl (C=O) groups is 2. The van der Waals surface area contributed by atoms with Crippen molar-refractivity contribution < 1.29 is 32.4 Å². The van der Waals surface area contributed by atoms with Crippen LogP contribution in [0.1, 0.15) is 5.89 Å². The molecule has 13 heteroatoms. The number of fused-ring (bicyclic) bond motifs is 1. The second kappa shape index (κ2) is 8.17. The molecule has 1 aromatic heterocycles. The molecule has 0 aliphatic carbocycles. The molecule has 0 spiro atoms. The molecular weight excluding hydrogens is 454 g/mol. The Morgan fingerprint density at radius 3 is 2.53 bits per heavy atom. The van der Waals surface area contributed by atoms with Gasteiger partial charge in [-0.3, -0.25) is 14.6 Å². The van der Waals surface area contributed by atoms with Crippen LogP contribution in [0.25, 0.3) is 11.4 Å². The van der Waals surface area contributed by atoms with E-state index in [1.54, 1.807) is 18.2 Å². The topological polar surface area (TPSA) is 123 Å². The van der Waals surface area contributed by atoms with Gasteiger partial charge in [0.1, 0.15) is 6.54 Å². The van der Waals surface area contributed by atoms with Crippen LogP contribution in [0.15, 0.2) is 51.3 Å². The minimum Gasteiger partial charge on any atom is -0.493 e. The van der Waals surface area contributed by atoms with Crippen molar-refractivity contribution in [3.8, 4) is 22.9 Å². The number of rotatable bonds is 6. The second-order valence-electron chi connectivity index (χ2n) is 7.38. The Kier molecular flexibility index (Phi) is 5.15. The Balaban J connectivity index is 1.35. The summed E-state index contributed by atoms with van der Waals surface area (Å²) in [4.78, 5) is 30.8. The molecule has 34 heavy (non-hydrogen) atoms. The Bertz CT molecular complexity index is 1330. The van der Waals surface area contributed by atoms with Crippen molar-refractivity contribution in [2.24, 2.45) is 10.3 Å². The number of ether oxygens (including phenoxy) is 2. The third-order valence-corrected chi connectivity index (χ3v) is 5.43. The molecule has 0 N–H and O–H groups in total. The summed E-state index contributed by atoms with van der Waals surface area (Å²) >= 11 is 0. The number of hydrogen-bond acceptors (Lipinski definition) is 10. The number of halogens is 2. The lowest BCUT2D eigenvalue weighted by Crippen LogP contribution is -2.39. The molecule has 1 fully saturated rings. The molecule has 1 saturated heterocycles. The van der Waals surface area contributed by atoms with Crippen LogP contribution in [0, 0.1) is 11.6 Å². The van der Waals surface area contributed by atoms with Crippen LogP contribution < -0.4 is 14.4 Å². The highest BCUT2D eigenvalue weighted by Gasteiger charge is 2.55. The lowest BCUT2D eigenvalue weighted by molar-refractivity contribution is -0.123. The minimum atomic E-state index is -1.18. The van der Waals surface area contributed by atoms with Crippen LogP contribution >= 0.6 is 0 Å². The number of benzene rings is 2. The molecule has 0 saturated carbocycles. The zero-order valence-corrected chi connectivity index (χ0v) is 17.8. The van der Waals surface area contributed by atoms with Crippen molar-refractivity contribution in [1.82, 2.24) is 15.1 Å². The lowest BCUT2D eigenvalue weighted by Gasteiger charge is -2.19. The molecule has 0 bridgehead atoms. The predicted octanol–water partition coefficient (Wildman–Crippen LogP) is 2.53. The van der Waals surface area contributed by atoms with E-state index in [1.165, 1.54) is 19.2 Å². The van der Waals surface area contributed by atoms with E-state index in [9.17, 15) is 18.4 Å². The Labute approximate surface area is 190 Å². The van der Waals surface area contributed by atoms with Crippen LogP contribution in [0.3, 0.4) is 0 Å². The van der Waals surface area contributed by atoms with E-state index >= 15 is 0 Å². The number of carbonyl (C=O) groups excluding carboxylic acids is 2. The van der Waals surface area contributed by atoms with Crippen molar-refractivity contribution in [2.75, 3.05) is 19.1 Å². The number of nitrogens with zero attached hydrogens (tertiary/aromatic N) is 6. The average molecular weight is 470 g/mol. The number of hydrogen-bond donors (Lipinski definition) is 0. The molecular formula is C21H16F2N6O5. The Hall–Kier alpha value is -4.42. The fourth-order valence-electron chi connectivity index (χ4n) is 3.78. The van der Waals surface area contributed by atoms with Gasteiger partial charge in [0.05, 0.1) is 19.9 Å². The maximum atomic E-state index is 13.7. The molecule has 3 aromatic rings. The van der Waals surface area contributed by atoms with Crippen molar-refractivity contribution in [1.29, 1.82) is 0 Å². The van der Waals surface area contributed by atoms with Gasteiger partial charge in [0.15, 0.2) is 35.2 Å². The molecule has 2 aromatic carbocycles. The van der Waals surface area contributed by atoms with Crippen LogP contribution in [0.2, 0.25) is 0 Å². The first-order valence-electron chi connectivity index (χ1n) is 9.96. The van der Waals surface area contributed by atoms with Gasteiger partial charge in [0.25, 0.3) is 11.8 Å². The first kappa shape index (κ1) is 21.4. The van der Waals surface area contributed by atoms with Crippen molar-refractivity contribution in [3.63, 3.8) is 0 Å². The molecule has 2 aliphatic rings. The minimum absolute atomic E-state index is 0.0908. The predicted molar refractivity (Wildman–Crippen MR) is 110 cm³/mol. The summed E-state index contributed by atoms with van der Waals surface area (Å²) in [6.07, 6.45) is 0. The highest BCUT2D eigenvalue weighted by Crippen LogP contribution is 2.34. The summed E-state index contributed by atoms with van der Waals surface area (Å²) in [5.74, 6) is -2.23. The average Bonchev–Trinajstić information content (AvgIpc) is 3.53. The van der Waals surface area contributed by atoms with E-state index in [0.29, 0.717) is 17.1 Å². The van der Waals surface area contributed by atoms with Gasteiger partial charge >= 0.3 is 0 Å². The first-order valence-corrected chi connectivity index (χ1v) is 9.96.